The van der Waals surface area contributed by atoms with Crippen LogP contribution in [0.4, 0.5) is 0 Å². The quantitative estimate of drug-likeness (QED) is 0.733. The highest BCUT2D eigenvalue weighted by Gasteiger charge is 2.02. The third-order valence-electron chi connectivity index (χ3n) is 2.64. The van der Waals surface area contributed by atoms with Crippen LogP contribution in [0.25, 0.3) is 0 Å². The smallest absolute Gasteiger partial charge is 0.224 e. The molecule has 0 aromatic heterocycles. The van der Waals surface area contributed by atoms with Gasteiger partial charge < -0.3 is 10.1 Å². The summed E-state index contributed by atoms with van der Waals surface area (Å²) in [5, 5.41) is 2.88. The van der Waals surface area contributed by atoms with Crippen molar-refractivity contribution in [3.63, 3.8) is 0 Å². The van der Waals surface area contributed by atoms with Crippen molar-refractivity contribution in [1.82, 2.24) is 5.32 Å². The Morgan fingerprint density at radius 2 is 1.88 bits per heavy atom. The molecule has 1 aromatic carbocycles. The second kappa shape index (κ2) is 7.85. The Kier molecular flexibility index (Phi) is 6.33. The Morgan fingerprint density at radius 3 is 2.47 bits per heavy atom. The van der Waals surface area contributed by atoms with Gasteiger partial charge in [0.15, 0.2) is 0 Å². The second-order valence-corrected chi connectivity index (χ2v) is 4.04. The number of hydrogen-bond donors (Lipinski definition) is 1. The lowest BCUT2D eigenvalue weighted by Crippen LogP contribution is -2.26. The number of methoxy groups -OCH3 is 1. The molecule has 0 fully saturated rings. The van der Waals surface area contributed by atoms with Crippen molar-refractivity contribution in [3.05, 3.63) is 35.4 Å². The number of aryl methyl sites for hydroxylation is 1. The fourth-order valence-corrected chi connectivity index (χ4v) is 1.59. The van der Waals surface area contributed by atoms with Crippen molar-refractivity contribution < 1.29 is 9.53 Å². The molecule has 1 amide bonds. The van der Waals surface area contributed by atoms with Gasteiger partial charge in [0, 0.05) is 20.3 Å². The predicted octanol–water partition coefficient (Wildman–Crippen LogP) is 1.94. The Bertz CT molecular complexity index is 333. The lowest BCUT2D eigenvalue weighted by molar-refractivity contribution is -0.120. The van der Waals surface area contributed by atoms with Gasteiger partial charge in [-0.1, -0.05) is 31.2 Å². The van der Waals surface area contributed by atoms with Gasteiger partial charge in [-0.25, -0.2) is 0 Å². The van der Waals surface area contributed by atoms with Crippen molar-refractivity contribution in [2.24, 2.45) is 0 Å². The third-order valence-corrected chi connectivity index (χ3v) is 2.64. The number of benzene rings is 1. The van der Waals surface area contributed by atoms with Crippen LogP contribution in [0.2, 0.25) is 0 Å². The molecule has 0 unspecified atom stereocenters. The number of nitrogens with one attached hydrogen (secondary N) is 1. The topological polar surface area (TPSA) is 38.3 Å². The van der Waals surface area contributed by atoms with Crippen molar-refractivity contribution in [2.75, 3.05) is 20.3 Å². The van der Waals surface area contributed by atoms with Crippen LogP contribution in [0.3, 0.4) is 0 Å². The number of carbonyl (C=O) groups excluding carboxylic acids is 1. The van der Waals surface area contributed by atoms with Crippen LogP contribution in [-0.4, -0.2) is 26.2 Å². The molecule has 0 atom stereocenters. The van der Waals surface area contributed by atoms with E-state index in [0.717, 1.165) is 18.4 Å². The predicted molar refractivity (Wildman–Crippen MR) is 69.0 cm³/mol. The van der Waals surface area contributed by atoms with E-state index >= 15 is 0 Å². The SMILES string of the molecule is CCc1ccc(CC(=O)NCCCOC)cc1. The van der Waals surface area contributed by atoms with Crippen molar-refractivity contribution >= 4 is 5.91 Å². The van der Waals surface area contributed by atoms with E-state index in [4.69, 9.17) is 4.74 Å². The van der Waals surface area contributed by atoms with Gasteiger partial charge in [0.1, 0.15) is 0 Å². The van der Waals surface area contributed by atoms with Crippen molar-refractivity contribution in [1.29, 1.82) is 0 Å². The Morgan fingerprint density at radius 1 is 1.24 bits per heavy atom. The minimum Gasteiger partial charge on any atom is -0.385 e. The van der Waals surface area contributed by atoms with E-state index in [1.165, 1.54) is 5.56 Å². The van der Waals surface area contributed by atoms with Crippen LogP contribution >= 0.6 is 0 Å². The molecule has 0 bridgehead atoms. The number of ether oxygens (including phenoxy) is 1. The number of carbonyl (C=O) groups is 1. The van der Waals surface area contributed by atoms with E-state index in [0.29, 0.717) is 19.6 Å². The van der Waals surface area contributed by atoms with Gasteiger partial charge in [-0.15, -0.1) is 0 Å². The Hall–Kier alpha value is -1.35. The first-order valence-corrected chi connectivity index (χ1v) is 6.09. The van der Waals surface area contributed by atoms with Gasteiger partial charge in [-0.3, -0.25) is 4.79 Å². The first-order valence-electron chi connectivity index (χ1n) is 6.09. The average molecular weight is 235 g/mol. The molecule has 0 saturated carbocycles. The summed E-state index contributed by atoms with van der Waals surface area (Å²) in [5.41, 5.74) is 2.36. The molecule has 3 nitrogen and oxygen atoms in total. The summed E-state index contributed by atoms with van der Waals surface area (Å²) in [7, 11) is 1.66. The maximum absolute atomic E-state index is 11.6. The number of rotatable bonds is 7. The summed E-state index contributed by atoms with van der Waals surface area (Å²) < 4.78 is 4.92. The van der Waals surface area contributed by atoms with Gasteiger partial charge in [0.2, 0.25) is 5.91 Å². The lowest BCUT2D eigenvalue weighted by atomic mass is 10.1. The first-order chi connectivity index (χ1) is 8.26. The van der Waals surface area contributed by atoms with Gasteiger partial charge in [0.05, 0.1) is 6.42 Å². The number of hydrogen-bond acceptors (Lipinski definition) is 2. The molecule has 1 rings (SSSR count). The molecule has 1 N–H and O–H groups in total. The normalized spacial score (nSPS) is 10.2. The van der Waals surface area contributed by atoms with E-state index in [1.54, 1.807) is 7.11 Å². The monoisotopic (exact) mass is 235 g/mol. The molecular weight excluding hydrogens is 214 g/mol. The van der Waals surface area contributed by atoms with Crippen molar-refractivity contribution in [2.45, 2.75) is 26.2 Å². The van der Waals surface area contributed by atoms with E-state index in [1.807, 2.05) is 12.1 Å². The molecule has 1 aromatic rings. The largest absolute Gasteiger partial charge is 0.385 e. The second-order valence-electron chi connectivity index (χ2n) is 4.04. The highest BCUT2D eigenvalue weighted by Crippen LogP contribution is 2.05. The third kappa shape index (κ3) is 5.50. The van der Waals surface area contributed by atoms with Crippen LogP contribution in [0, 0.1) is 0 Å². The average Bonchev–Trinajstić information content (AvgIpc) is 2.36. The Labute approximate surface area is 103 Å². The lowest BCUT2D eigenvalue weighted by Gasteiger charge is -2.05. The molecule has 0 aliphatic rings. The van der Waals surface area contributed by atoms with Gasteiger partial charge in [-0.2, -0.15) is 0 Å². The van der Waals surface area contributed by atoms with Gasteiger partial charge in [0.25, 0.3) is 0 Å². The minimum absolute atomic E-state index is 0.0744. The first kappa shape index (κ1) is 13.7. The highest BCUT2D eigenvalue weighted by atomic mass is 16.5. The summed E-state index contributed by atoms with van der Waals surface area (Å²) in [6, 6.07) is 8.20. The summed E-state index contributed by atoms with van der Waals surface area (Å²) in [4.78, 5) is 11.6. The van der Waals surface area contributed by atoms with Crippen LogP contribution in [0.15, 0.2) is 24.3 Å². The van der Waals surface area contributed by atoms with Crippen LogP contribution in [-0.2, 0) is 22.4 Å². The van der Waals surface area contributed by atoms with Crippen LogP contribution in [0.5, 0.6) is 0 Å². The highest BCUT2D eigenvalue weighted by molar-refractivity contribution is 5.78. The molecule has 0 radical (unpaired) electrons. The fourth-order valence-electron chi connectivity index (χ4n) is 1.59. The standard InChI is InChI=1S/C14H21NO2/c1-3-12-5-7-13(8-6-12)11-14(16)15-9-4-10-17-2/h5-8H,3-4,9-11H2,1-2H3,(H,15,16). The zero-order valence-corrected chi connectivity index (χ0v) is 10.7. The zero-order valence-electron chi connectivity index (χ0n) is 10.7. The summed E-state index contributed by atoms with van der Waals surface area (Å²) >= 11 is 0. The van der Waals surface area contributed by atoms with E-state index in [2.05, 4.69) is 24.4 Å². The molecule has 17 heavy (non-hydrogen) atoms. The van der Waals surface area contributed by atoms with E-state index in [-0.39, 0.29) is 5.91 Å². The van der Waals surface area contributed by atoms with E-state index in [9.17, 15) is 4.79 Å². The molecule has 0 spiro atoms. The van der Waals surface area contributed by atoms with Crippen LogP contribution in [0.1, 0.15) is 24.5 Å². The Balaban J connectivity index is 2.29. The fraction of sp³-hybridized carbons (Fsp3) is 0.500. The molecule has 0 aliphatic heterocycles. The summed E-state index contributed by atoms with van der Waals surface area (Å²) in [6.07, 6.45) is 2.34. The van der Waals surface area contributed by atoms with E-state index < -0.39 is 0 Å². The van der Waals surface area contributed by atoms with Crippen molar-refractivity contribution in [3.8, 4) is 0 Å². The summed E-state index contributed by atoms with van der Waals surface area (Å²) in [5.74, 6) is 0.0744. The maximum Gasteiger partial charge on any atom is 0.224 e. The van der Waals surface area contributed by atoms with Gasteiger partial charge >= 0.3 is 0 Å². The molecule has 3 heteroatoms. The summed E-state index contributed by atoms with van der Waals surface area (Å²) in [6.45, 7) is 3.49. The minimum atomic E-state index is 0.0744. The zero-order chi connectivity index (χ0) is 12.5. The maximum atomic E-state index is 11.6. The molecule has 0 saturated heterocycles. The molecule has 0 aliphatic carbocycles. The number of amides is 1. The van der Waals surface area contributed by atoms with Gasteiger partial charge in [-0.05, 0) is 24.0 Å². The molecular formula is C14H21NO2. The van der Waals surface area contributed by atoms with Crippen LogP contribution < -0.4 is 5.32 Å². The molecule has 94 valence electrons. The molecule has 0 heterocycles.